The number of nitrogens with one attached hydrogen (secondary N) is 1. The Balaban J connectivity index is 2.28. The van der Waals surface area contributed by atoms with Crippen molar-refractivity contribution in [1.82, 2.24) is 10.2 Å². The molecule has 1 saturated heterocycles. The molecular formula is C13H24N2O4. The van der Waals surface area contributed by atoms with E-state index in [4.69, 9.17) is 9.47 Å². The molecule has 0 bridgehead atoms. The second-order valence-electron chi connectivity index (χ2n) is 4.68. The molecule has 6 heteroatoms. The number of imide groups is 1. The molecule has 2 atom stereocenters. The number of hydrogen-bond donors (Lipinski definition) is 1. The molecule has 0 aromatic rings. The molecule has 1 N–H and O–H groups in total. The summed E-state index contributed by atoms with van der Waals surface area (Å²) in [6, 6.07) is -0.419. The largest absolute Gasteiger partial charge is 0.382 e. The van der Waals surface area contributed by atoms with Crippen LogP contribution in [0.5, 0.6) is 0 Å². The Bertz CT molecular complexity index is 309. The van der Waals surface area contributed by atoms with Gasteiger partial charge in [0.15, 0.2) is 0 Å². The van der Waals surface area contributed by atoms with Crippen LogP contribution in [-0.4, -0.2) is 62.3 Å². The van der Waals surface area contributed by atoms with Gasteiger partial charge in [-0.1, -0.05) is 6.92 Å². The van der Waals surface area contributed by atoms with E-state index in [0.29, 0.717) is 26.4 Å². The second-order valence-corrected chi connectivity index (χ2v) is 4.68. The molecule has 19 heavy (non-hydrogen) atoms. The molecule has 1 heterocycles. The summed E-state index contributed by atoms with van der Waals surface area (Å²) >= 11 is 0. The lowest BCUT2D eigenvalue weighted by atomic mass is 10.2. The quantitative estimate of drug-likeness (QED) is 0.478. The lowest BCUT2D eigenvalue weighted by Crippen LogP contribution is -2.43. The van der Waals surface area contributed by atoms with Crippen molar-refractivity contribution in [1.29, 1.82) is 0 Å². The van der Waals surface area contributed by atoms with Crippen LogP contribution in [0.4, 0.5) is 0 Å². The van der Waals surface area contributed by atoms with Crippen LogP contribution in [-0.2, 0) is 19.1 Å². The standard InChI is InChI=1S/C13H24N2O4/c1-4-10(2)15-12(16)9-11(13(15)17)14-5-6-19-8-7-18-3/h10-11,14H,4-9H2,1-3H3. The van der Waals surface area contributed by atoms with E-state index in [1.165, 1.54) is 4.90 Å². The third kappa shape index (κ3) is 4.56. The number of carbonyl (C=O) groups excluding carboxylic acids is 2. The Hall–Kier alpha value is -0.980. The zero-order chi connectivity index (χ0) is 14.3. The summed E-state index contributed by atoms with van der Waals surface area (Å²) < 4.78 is 10.1. The maximum absolute atomic E-state index is 12.1. The fourth-order valence-electron chi connectivity index (χ4n) is 2.01. The van der Waals surface area contributed by atoms with Gasteiger partial charge < -0.3 is 14.8 Å². The van der Waals surface area contributed by atoms with Crippen LogP contribution in [0.25, 0.3) is 0 Å². The molecule has 2 unspecified atom stereocenters. The third-order valence-corrected chi connectivity index (χ3v) is 3.28. The molecule has 1 aliphatic heterocycles. The maximum Gasteiger partial charge on any atom is 0.247 e. The lowest BCUT2D eigenvalue weighted by Gasteiger charge is -2.21. The number of rotatable bonds is 9. The molecule has 1 aliphatic rings. The van der Waals surface area contributed by atoms with E-state index in [2.05, 4.69) is 5.32 Å². The van der Waals surface area contributed by atoms with Gasteiger partial charge in [0, 0.05) is 19.7 Å². The highest BCUT2D eigenvalue weighted by Crippen LogP contribution is 2.17. The van der Waals surface area contributed by atoms with Gasteiger partial charge in [0.1, 0.15) is 0 Å². The predicted molar refractivity (Wildman–Crippen MR) is 70.7 cm³/mol. The fraction of sp³-hybridized carbons (Fsp3) is 0.846. The number of hydrogen-bond acceptors (Lipinski definition) is 5. The van der Waals surface area contributed by atoms with E-state index in [0.717, 1.165) is 6.42 Å². The molecule has 0 radical (unpaired) electrons. The van der Waals surface area contributed by atoms with Crippen LogP contribution in [0, 0.1) is 0 Å². The highest BCUT2D eigenvalue weighted by atomic mass is 16.5. The number of ether oxygens (including phenoxy) is 2. The van der Waals surface area contributed by atoms with Crippen LogP contribution in [0.2, 0.25) is 0 Å². The lowest BCUT2D eigenvalue weighted by molar-refractivity contribution is -0.141. The number of likely N-dealkylation sites (tertiary alicyclic amines) is 1. The van der Waals surface area contributed by atoms with Crippen molar-refractivity contribution in [3.63, 3.8) is 0 Å². The van der Waals surface area contributed by atoms with Crippen molar-refractivity contribution in [2.24, 2.45) is 0 Å². The third-order valence-electron chi connectivity index (χ3n) is 3.28. The fourth-order valence-corrected chi connectivity index (χ4v) is 2.01. The van der Waals surface area contributed by atoms with Crippen molar-refractivity contribution in [3.8, 4) is 0 Å². The molecule has 2 amide bonds. The first-order valence-corrected chi connectivity index (χ1v) is 6.77. The summed E-state index contributed by atoms with van der Waals surface area (Å²) in [6.07, 6.45) is 1.03. The Kier molecular flexibility index (Phi) is 6.97. The van der Waals surface area contributed by atoms with Gasteiger partial charge in [-0.25, -0.2) is 0 Å². The van der Waals surface area contributed by atoms with Crippen molar-refractivity contribution in [2.45, 2.75) is 38.8 Å². The number of nitrogens with zero attached hydrogens (tertiary/aromatic N) is 1. The normalized spacial score (nSPS) is 21.2. The van der Waals surface area contributed by atoms with Crippen molar-refractivity contribution in [3.05, 3.63) is 0 Å². The zero-order valence-electron chi connectivity index (χ0n) is 12.0. The van der Waals surface area contributed by atoms with Gasteiger partial charge >= 0.3 is 0 Å². The zero-order valence-corrected chi connectivity index (χ0v) is 12.0. The minimum absolute atomic E-state index is 0.0234. The van der Waals surface area contributed by atoms with Crippen LogP contribution in [0.3, 0.4) is 0 Å². The predicted octanol–water partition coefficient (Wildman–Crippen LogP) is 0.165. The summed E-state index contributed by atoms with van der Waals surface area (Å²) in [4.78, 5) is 25.2. The maximum atomic E-state index is 12.1. The SMILES string of the molecule is CCC(C)N1C(=O)CC(NCCOCCOC)C1=O. The van der Waals surface area contributed by atoms with Gasteiger partial charge in [-0.05, 0) is 13.3 Å². The van der Waals surface area contributed by atoms with E-state index in [-0.39, 0.29) is 24.3 Å². The molecule has 0 aromatic heterocycles. The Morgan fingerprint density at radius 1 is 1.37 bits per heavy atom. The van der Waals surface area contributed by atoms with E-state index < -0.39 is 6.04 Å². The molecule has 110 valence electrons. The van der Waals surface area contributed by atoms with E-state index >= 15 is 0 Å². The van der Waals surface area contributed by atoms with E-state index in [1.807, 2.05) is 13.8 Å². The van der Waals surface area contributed by atoms with Crippen LogP contribution >= 0.6 is 0 Å². The molecule has 1 fully saturated rings. The molecule has 0 aliphatic carbocycles. The Morgan fingerprint density at radius 3 is 2.74 bits per heavy atom. The van der Waals surface area contributed by atoms with Crippen molar-refractivity contribution >= 4 is 11.8 Å². The first-order chi connectivity index (χ1) is 9.11. The average molecular weight is 272 g/mol. The van der Waals surface area contributed by atoms with Gasteiger partial charge in [0.2, 0.25) is 11.8 Å². The summed E-state index contributed by atoms with van der Waals surface area (Å²) in [5.41, 5.74) is 0. The highest BCUT2D eigenvalue weighted by molar-refractivity contribution is 6.05. The number of carbonyl (C=O) groups is 2. The smallest absolute Gasteiger partial charge is 0.247 e. The highest BCUT2D eigenvalue weighted by Gasteiger charge is 2.40. The summed E-state index contributed by atoms with van der Waals surface area (Å²) in [7, 11) is 1.62. The van der Waals surface area contributed by atoms with E-state index in [9.17, 15) is 9.59 Å². The van der Waals surface area contributed by atoms with Crippen LogP contribution < -0.4 is 5.32 Å². The van der Waals surface area contributed by atoms with Gasteiger partial charge in [0.05, 0.1) is 32.3 Å². The second kappa shape index (κ2) is 8.24. The molecule has 0 aromatic carbocycles. The minimum Gasteiger partial charge on any atom is -0.382 e. The van der Waals surface area contributed by atoms with Gasteiger partial charge in [0.25, 0.3) is 0 Å². The molecule has 0 saturated carbocycles. The number of methoxy groups -OCH3 is 1. The minimum atomic E-state index is -0.396. The monoisotopic (exact) mass is 272 g/mol. The average Bonchev–Trinajstić information content (AvgIpc) is 2.68. The summed E-state index contributed by atoms with van der Waals surface area (Å²) in [5.74, 6) is -0.201. The van der Waals surface area contributed by atoms with Gasteiger partial charge in [-0.2, -0.15) is 0 Å². The van der Waals surface area contributed by atoms with Crippen molar-refractivity contribution < 1.29 is 19.1 Å². The summed E-state index contributed by atoms with van der Waals surface area (Å²) in [6.45, 7) is 6.02. The molecular weight excluding hydrogens is 248 g/mol. The molecule has 1 rings (SSSR count). The van der Waals surface area contributed by atoms with E-state index in [1.54, 1.807) is 7.11 Å². The summed E-state index contributed by atoms with van der Waals surface area (Å²) in [5, 5.41) is 3.07. The topological polar surface area (TPSA) is 67.9 Å². The Morgan fingerprint density at radius 2 is 2.11 bits per heavy atom. The molecule has 6 nitrogen and oxygen atoms in total. The number of amides is 2. The van der Waals surface area contributed by atoms with Gasteiger partial charge in [-0.15, -0.1) is 0 Å². The molecule has 0 spiro atoms. The van der Waals surface area contributed by atoms with Crippen LogP contribution in [0.1, 0.15) is 26.7 Å². The van der Waals surface area contributed by atoms with Crippen LogP contribution in [0.15, 0.2) is 0 Å². The van der Waals surface area contributed by atoms with Crippen molar-refractivity contribution in [2.75, 3.05) is 33.5 Å². The first kappa shape index (κ1) is 16.1. The van der Waals surface area contributed by atoms with Gasteiger partial charge in [-0.3, -0.25) is 14.5 Å². The first-order valence-electron chi connectivity index (χ1n) is 6.77. The Labute approximate surface area is 114 Å².